The van der Waals surface area contributed by atoms with Gasteiger partial charge in [0.25, 0.3) is 5.91 Å². The zero-order chi connectivity index (χ0) is 15.4. The van der Waals surface area contributed by atoms with Crippen molar-refractivity contribution in [1.82, 2.24) is 20.0 Å². The quantitative estimate of drug-likeness (QED) is 0.912. The van der Waals surface area contributed by atoms with Crippen molar-refractivity contribution >= 4 is 5.91 Å². The molecule has 0 aromatic carbocycles. The highest BCUT2D eigenvalue weighted by molar-refractivity contribution is 5.92. The third-order valence-electron chi connectivity index (χ3n) is 4.19. The number of carbonyl (C=O) groups is 1. The summed E-state index contributed by atoms with van der Waals surface area (Å²) < 4.78 is 6.72. The molecule has 1 saturated heterocycles. The Hall–Kier alpha value is -2.08. The molecule has 1 N–H and O–H groups in total. The molecular formula is C16H22N4O2. The number of furan rings is 1. The normalized spacial score (nSPS) is 19.2. The van der Waals surface area contributed by atoms with E-state index in [1.165, 1.54) is 12.0 Å². The Morgan fingerprint density at radius 3 is 3.14 bits per heavy atom. The molecule has 0 spiro atoms. The lowest BCUT2D eigenvalue weighted by Crippen LogP contribution is -2.40. The first kappa shape index (κ1) is 14.8. The molecule has 1 amide bonds. The molecule has 6 nitrogen and oxygen atoms in total. The van der Waals surface area contributed by atoms with Crippen LogP contribution in [0.5, 0.6) is 0 Å². The predicted octanol–water partition coefficient (Wildman–Crippen LogP) is 1.66. The van der Waals surface area contributed by atoms with Crippen LogP contribution in [0.3, 0.4) is 0 Å². The Bertz CT molecular complexity index is 605. The molecule has 2 aromatic rings. The summed E-state index contributed by atoms with van der Waals surface area (Å²) in [7, 11) is 1.78. The van der Waals surface area contributed by atoms with E-state index in [9.17, 15) is 4.79 Å². The highest BCUT2D eigenvalue weighted by atomic mass is 16.3. The summed E-state index contributed by atoms with van der Waals surface area (Å²) in [5.74, 6) is 0.449. The number of aromatic nitrogens is 2. The van der Waals surface area contributed by atoms with E-state index >= 15 is 0 Å². The van der Waals surface area contributed by atoms with Gasteiger partial charge in [-0.1, -0.05) is 0 Å². The average Bonchev–Trinajstić information content (AvgIpc) is 3.17. The van der Waals surface area contributed by atoms with E-state index in [0.29, 0.717) is 18.2 Å². The molecule has 1 atom stereocenters. The van der Waals surface area contributed by atoms with E-state index in [1.54, 1.807) is 36.5 Å². The van der Waals surface area contributed by atoms with Gasteiger partial charge in [-0.3, -0.25) is 14.4 Å². The highest BCUT2D eigenvalue weighted by Gasteiger charge is 2.21. The van der Waals surface area contributed by atoms with Crippen molar-refractivity contribution in [3.63, 3.8) is 0 Å². The van der Waals surface area contributed by atoms with Crippen molar-refractivity contribution in [1.29, 1.82) is 0 Å². The largest absolute Gasteiger partial charge is 0.472 e. The average molecular weight is 302 g/mol. The number of piperidine rings is 1. The van der Waals surface area contributed by atoms with Gasteiger partial charge in [0.1, 0.15) is 5.69 Å². The van der Waals surface area contributed by atoms with E-state index in [1.807, 2.05) is 6.07 Å². The molecule has 3 heterocycles. The highest BCUT2D eigenvalue weighted by Crippen LogP contribution is 2.18. The van der Waals surface area contributed by atoms with Crippen molar-refractivity contribution < 1.29 is 9.21 Å². The maximum Gasteiger partial charge on any atom is 0.269 e. The lowest BCUT2D eigenvalue weighted by atomic mass is 9.97. The smallest absolute Gasteiger partial charge is 0.269 e. The first-order chi connectivity index (χ1) is 10.7. The molecule has 0 aliphatic carbocycles. The minimum Gasteiger partial charge on any atom is -0.472 e. The van der Waals surface area contributed by atoms with Gasteiger partial charge in [0.05, 0.1) is 12.5 Å². The zero-order valence-corrected chi connectivity index (χ0v) is 12.9. The lowest BCUT2D eigenvalue weighted by Gasteiger charge is -2.32. The second-order valence-electron chi connectivity index (χ2n) is 5.93. The van der Waals surface area contributed by atoms with Crippen LogP contribution in [-0.2, 0) is 13.6 Å². The van der Waals surface area contributed by atoms with Crippen LogP contribution in [0.1, 0.15) is 28.9 Å². The van der Waals surface area contributed by atoms with Crippen LogP contribution in [-0.4, -0.2) is 40.2 Å². The minimum absolute atomic E-state index is 0.0491. The summed E-state index contributed by atoms with van der Waals surface area (Å²) >= 11 is 0. The topological polar surface area (TPSA) is 63.3 Å². The SMILES string of the molecule is Cn1nccc1C(=O)NCC1CCCN(Cc2ccoc2)C1. The van der Waals surface area contributed by atoms with Gasteiger partial charge >= 0.3 is 0 Å². The Kier molecular flexibility index (Phi) is 4.58. The standard InChI is InChI=1S/C16H22N4O2/c1-19-15(4-6-18-19)16(21)17-9-13-3-2-7-20(10-13)11-14-5-8-22-12-14/h4-6,8,12-13H,2-3,7,9-11H2,1H3,(H,17,21). The van der Waals surface area contributed by atoms with Crippen LogP contribution in [0, 0.1) is 5.92 Å². The number of hydrogen-bond acceptors (Lipinski definition) is 4. The van der Waals surface area contributed by atoms with Crippen LogP contribution in [0.15, 0.2) is 35.3 Å². The number of carbonyl (C=O) groups excluding carboxylic acids is 1. The first-order valence-corrected chi connectivity index (χ1v) is 7.72. The van der Waals surface area contributed by atoms with E-state index in [0.717, 1.165) is 26.1 Å². The maximum atomic E-state index is 12.1. The van der Waals surface area contributed by atoms with Gasteiger partial charge in [-0.2, -0.15) is 5.10 Å². The molecule has 3 rings (SSSR count). The van der Waals surface area contributed by atoms with Crippen LogP contribution in [0.25, 0.3) is 0 Å². The van der Waals surface area contributed by atoms with Gasteiger partial charge in [-0.25, -0.2) is 0 Å². The first-order valence-electron chi connectivity index (χ1n) is 7.72. The predicted molar refractivity (Wildman–Crippen MR) is 82.3 cm³/mol. The molecule has 0 bridgehead atoms. The lowest BCUT2D eigenvalue weighted by molar-refractivity contribution is 0.0921. The number of likely N-dealkylation sites (tertiary alicyclic amines) is 1. The summed E-state index contributed by atoms with van der Waals surface area (Å²) in [6, 6.07) is 3.75. The van der Waals surface area contributed by atoms with Crippen molar-refractivity contribution in [2.24, 2.45) is 13.0 Å². The van der Waals surface area contributed by atoms with Gasteiger partial charge in [0, 0.05) is 38.4 Å². The van der Waals surface area contributed by atoms with Crippen molar-refractivity contribution in [3.8, 4) is 0 Å². The summed E-state index contributed by atoms with van der Waals surface area (Å²) in [5, 5.41) is 7.06. The van der Waals surface area contributed by atoms with Gasteiger partial charge in [-0.15, -0.1) is 0 Å². The van der Waals surface area contributed by atoms with Crippen LogP contribution < -0.4 is 5.32 Å². The van der Waals surface area contributed by atoms with Gasteiger partial charge < -0.3 is 9.73 Å². The molecule has 6 heteroatoms. The number of hydrogen-bond donors (Lipinski definition) is 1. The van der Waals surface area contributed by atoms with E-state index in [-0.39, 0.29) is 5.91 Å². The fourth-order valence-electron chi connectivity index (χ4n) is 3.03. The van der Waals surface area contributed by atoms with Gasteiger partial charge in [-0.05, 0) is 37.4 Å². The number of nitrogens with one attached hydrogen (secondary N) is 1. The summed E-state index contributed by atoms with van der Waals surface area (Å²) in [6.07, 6.45) is 7.48. The molecule has 1 fully saturated rings. The Labute approximate surface area is 130 Å². The molecule has 2 aromatic heterocycles. The Morgan fingerprint density at radius 2 is 2.41 bits per heavy atom. The molecule has 0 radical (unpaired) electrons. The molecule has 1 aliphatic rings. The molecule has 22 heavy (non-hydrogen) atoms. The van der Waals surface area contributed by atoms with Crippen molar-refractivity contribution in [2.75, 3.05) is 19.6 Å². The summed E-state index contributed by atoms with van der Waals surface area (Å²) in [6.45, 7) is 3.75. The third kappa shape index (κ3) is 3.57. The van der Waals surface area contributed by atoms with Crippen LogP contribution >= 0.6 is 0 Å². The fraction of sp³-hybridized carbons (Fsp3) is 0.500. The fourth-order valence-corrected chi connectivity index (χ4v) is 3.03. The molecule has 118 valence electrons. The number of nitrogens with zero attached hydrogens (tertiary/aromatic N) is 3. The maximum absolute atomic E-state index is 12.1. The monoisotopic (exact) mass is 302 g/mol. The summed E-state index contributed by atoms with van der Waals surface area (Å²) in [4.78, 5) is 14.5. The summed E-state index contributed by atoms with van der Waals surface area (Å²) in [5.41, 5.74) is 1.81. The molecule has 0 saturated carbocycles. The number of aryl methyl sites for hydroxylation is 1. The zero-order valence-electron chi connectivity index (χ0n) is 12.9. The number of amides is 1. The van der Waals surface area contributed by atoms with E-state index in [4.69, 9.17) is 4.42 Å². The van der Waals surface area contributed by atoms with E-state index < -0.39 is 0 Å². The van der Waals surface area contributed by atoms with Gasteiger partial charge in [0.15, 0.2) is 0 Å². The Morgan fingerprint density at radius 1 is 1.50 bits per heavy atom. The minimum atomic E-state index is -0.0491. The molecule has 1 aliphatic heterocycles. The van der Waals surface area contributed by atoms with Crippen LogP contribution in [0.2, 0.25) is 0 Å². The van der Waals surface area contributed by atoms with Crippen molar-refractivity contribution in [3.05, 3.63) is 42.1 Å². The second-order valence-corrected chi connectivity index (χ2v) is 5.93. The Balaban J connectivity index is 1.48. The molecule has 1 unspecified atom stereocenters. The number of rotatable bonds is 5. The molecular weight excluding hydrogens is 280 g/mol. The van der Waals surface area contributed by atoms with Gasteiger partial charge in [0.2, 0.25) is 0 Å². The van der Waals surface area contributed by atoms with Crippen LogP contribution in [0.4, 0.5) is 0 Å². The third-order valence-corrected chi connectivity index (χ3v) is 4.19. The van der Waals surface area contributed by atoms with Crippen molar-refractivity contribution in [2.45, 2.75) is 19.4 Å². The second kappa shape index (κ2) is 6.79. The van der Waals surface area contributed by atoms with E-state index in [2.05, 4.69) is 15.3 Å².